The van der Waals surface area contributed by atoms with Crippen LogP contribution >= 0.6 is 35.6 Å². The zero-order valence-electron chi connectivity index (χ0n) is 12.0. The van der Waals surface area contributed by atoms with Gasteiger partial charge in [-0.2, -0.15) is 0 Å². The fourth-order valence-electron chi connectivity index (χ4n) is 2.12. The van der Waals surface area contributed by atoms with E-state index in [1.807, 2.05) is 0 Å². The van der Waals surface area contributed by atoms with Crippen LogP contribution in [0.4, 0.5) is 11.4 Å². The average Bonchev–Trinajstić information content (AvgIpc) is 2.83. The highest BCUT2D eigenvalue weighted by molar-refractivity contribution is 8.27. The van der Waals surface area contributed by atoms with Gasteiger partial charge in [-0.1, -0.05) is 35.6 Å². The van der Waals surface area contributed by atoms with Gasteiger partial charge in [0.25, 0.3) is 11.6 Å². The second-order valence-electron chi connectivity index (χ2n) is 4.84. The Bertz CT molecular complexity index is 864. The van der Waals surface area contributed by atoms with Gasteiger partial charge in [0.05, 0.1) is 15.5 Å². The van der Waals surface area contributed by atoms with Crippen LogP contribution in [0.2, 0.25) is 5.02 Å². The first-order valence-electron chi connectivity index (χ1n) is 6.74. The SMILES string of the molecule is O=C1/C(=C/c2ccc([N+](=O)[O-])cc2)SC(=S)N1c1ccc(Cl)cc1. The predicted molar refractivity (Wildman–Crippen MR) is 100 cm³/mol. The largest absolute Gasteiger partial charge is 0.270 e. The number of non-ortho nitro benzene ring substituents is 1. The summed E-state index contributed by atoms with van der Waals surface area (Å²) in [5, 5.41) is 11.2. The molecular weight excluding hydrogens is 368 g/mol. The second-order valence-corrected chi connectivity index (χ2v) is 6.95. The van der Waals surface area contributed by atoms with Gasteiger partial charge in [0, 0.05) is 17.2 Å². The number of nitro groups is 1. The molecule has 0 aliphatic carbocycles. The molecular formula is C16H9ClN2O3S2. The molecule has 3 rings (SSSR count). The molecule has 1 heterocycles. The van der Waals surface area contributed by atoms with Crippen molar-refractivity contribution in [1.82, 2.24) is 0 Å². The molecule has 0 saturated carbocycles. The Morgan fingerprint density at radius 2 is 1.75 bits per heavy atom. The summed E-state index contributed by atoms with van der Waals surface area (Å²) in [5.74, 6) is -0.231. The molecule has 0 aromatic heterocycles. The maximum Gasteiger partial charge on any atom is 0.270 e. The van der Waals surface area contributed by atoms with Crippen molar-refractivity contribution in [3.05, 3.63) is 74.1 Å². The summed E-state index contributed by atoms with van der Waals surface area (Å²) in [4.78, 5) is 24.7. The van der Waals surface area contributed by atoms with Crippen LogP contribution in [-0.2, 0) is 4.79 Å². The summed E-state index contributed by atoms with van der Waals surface area (Å²) in [6.07, 6.45) is 1.67. The highest BCUT2D eigenvalue weighted by atomic mass is 35.5. The average molecular weight is 377 g/mol. The number of benzene rings is 2. The minimum absolute atomic E-state index is 0.000799. The van der Waals surface area contributed by atoms with Crippen LogP contribution in [0, 0.1) is 10.1 Å². The second kappa shape index (κ2) is 6.72. The molecule has 0 bridgehead atoms. The number of carbonyl (C=O) groups excluding carboxylic acids is 1. The van der Waals surface area contributed by atoms with Gasteiger partial charge in [0.2, 0.25) is 0 Å². The predicted octanol–water partition coefficient (Wildman–Crippen LogP) is 4.65. The first-order valence-corrected chi connectivity index (χ1v) is 8.34. The molecule has 0 radical (unpaired) electrons. The molecule has 1 saturated heterocycles. The van der Waals surface area contributed by atoms with E-state index < -0.39 is 4.92 Å². The lowest BCUT2D eigenvalue weighted by molar-refractivity contribution is -0.384. The molecule has 5 nitrogen and oxygen atoms in total. The van der Waals surface area contributed by atoms with Crippen LogP contribution in [0.25, 0.3) is 6.08 Å². The van der Waals surface area contributed by atoms with Gasteiger partial charge in [-0.05, 0) is 48.0 Å². The monoisotopic (exact) mass is 376 g/mol. The number of thiocarbonyl (C=S) groups is 1. The lowest BCUT2D eigenvalue weighted by Gasteiger charge is -2.14. The van der Waals surface area contributed by atoms with Crippen molar-refractivity contribution < 1.29 is 9.72 Å². The minimum atomic E-state index is -0.468. The molecule has 0 atom stereocenters. The van der Waals surface area contributed by atoms with Gasteiger partial charge in [-0.25, -0.2) is 0 Å². The smallest absolute Gasteiger partial charge is 0.268 e. The maximum atomic E-state index is 12.6. The molecule has 0 unspecified atom stereocenters. The lowest BCUT2D eigenvalue weighted by Crippen LogP contribution is -2.27. The summed E-state index contributed by atoms with van der Waals surface area (Å²) in [5.41, 5.74) is 1.34. The fraction of sp³-hybridized carbons (Fsp3) is 0. The highest BCUT2D eigenvalue weighted by Crippen LogP contribution is 2.36. The molecule has 1 fully saturated rings. The number of nitrogens with zero attached hydrogens (tertiary/aromatic N) is 2. The van der Waals surface area contributed by atoms with Crippen molar-refractivity contribution in [3.63, 3.8) is 0 Å². The van der Waals surface area contributed by atoms with E-state index in [4.69, 9.17) is 23.8 Å². The van der Waals surface area contributed by atoms with Gasteiger partial charge in [-0.3, -0.25) is 19.8 Å². The van der Waals surface area contributed by atoms with Crippen LogP contribution in [-0.4, -0.2) is 15.2 Å². The van der Waals surface area contributed by atoms with Crippen LogP contribution in [0.5, 0.6) is 0 Å². The molecule has 24 heavy (non-hydrogen) atoms. The number of rotatable bonds is 3. The topological polar surface area (TPSA) is 63.4 Å². The van der Waals surface area contributed by atoms with E-state index >= 15 is 0 Å². The van der Waals surface area contributed by atoms with Crippen LogP contribution in [0.15, 0.2) is 53.4 Å². The van der Waals surface area contributed by atoms with Crippen molar-refractivity contribution in [2.45, 2.75) is 0 Å². The van der Waals surface area contributed by atoms with E-state index in [1.54, 1.807) is 42.5 Å². The fourth-order valence-corrected chi connectivity index (χ4v) is 3.55. The van der Waals surface area contributed by atoms with Crippen molar-refractivity contribution >= 4 is 63.3 Å². The molecule has 0 spiro atoms. The molecule has 2 aromatic rings. The van der Waals surface area contributed by atoms with Crippen molar-refractivity contribution in [3.8, 4) is 0 Å². The zero-order valence-corrected chi connectivity index (χ0v) is 14.4. The normalized spacial score (nSPS) is 16.0. The maximum absolute atomic E-state index is 12.6. The Hall–Kier alpha value is -2.22. The molecule has 8 heteroatoms. The Morgan fingerprint density at radius 3 is 2.33 bits per heavy atom. The zero-order chi connectivity index (χ0) is 17.3. The molecule has 120 valence electrons. The van der Waals surface area contributed by atoms with Gasteiger partial charge in [-0.15, -0.1) is 0 Å². The molecule has 0 N–H and O–H groups in total. The number of carbonyl (C=O) groups is 1. The summed E-state index contributed by atoms with van der Waals surface area (Å²) >= 11 is 12.3. The van der Waals surface area contributed by atoms with Crippen LogP contribution in [0.1, 0.15) is 5.56 Å². The third kappa shape index (κ3) is 3.33. The number of hydrogen-bond donors (Lipinski definition) is 0. The number of nitro benzene ring substituents is 1. The molecule has 1 aliphatic rings. The van der Waals surface area contributed by atoms with E-state index in [2.05, 4.69) is 0 Å². The van der Waals surface area contributed by atoms with E-state index in [0.717, 1.165) is 0 Å². The van der Waals surface area contributed by atoms with Gasteiger partial charge in [0.15, 0.2) is 4.32 Å². The third-order valence-electron chi connectivity index (χ3n) is 3.28. The standard InChI is InChI=1S/C16H9ClN2O3S2/c17-11-3-7-12(8-4-11)18-15(20)14(24-16(18)23)9-10-1-5-13(6-2-10)19(21)22/h1-9H/b14-9-. The van der Waals surface area contributed by atoms with Crippen LogP contribution in [0.3, 0.4) is 0 Å². The van der Waals surface area contributed by atoms with E-state index in [0.29, 0.717) is 25.5 Å². The Morgan fingerprint density at radius 1 is 1.12 bits per heavy atom. The number of halogens is 1. The van der Waals surface area contributed by atoms with E-state index in [-0.39, 0.29) is 11.6 Å². The van der Waals surface area contributed by atoms with Crippen molar-refractivity contribution in [2.24, 2.45) is 0 Å². The minimum Gasteiger partial charge on any atom is -0.268 e. The summed E-state index contributed by atoms with van der Waals surface area (Å²) in [7, 11) is 0. The van der Waals surface area contributed by atoms with Crippen molar-refractivity contribution in [2.75, 3.05) is 4.90 Å². The summed E-state index contributed by atoms with van der Waals surface area (Å²) < 4.78 is 0.426. The number of hydrogen-bond acceptors (Lipinski definition) is 5. The quantitative estimate of drug-likeness (QED) is 0.337. The van der Waals surface area contributed by atoms with Crippen LogP contribution < -0.4 is 4.90 Å². The highest BCUT2D eigenvalue weighted by Gasteiger charge is 2.33. The van der Waals surface area contributed by atoms with Gasteiger partial charge < -0.3 is 0 Å². The van der Waals surface area contributed by atoms with E-state index in [9.17, 15) is 14.9 Å². The first-order chi connectivity index (χ1) is 11.5. The summed E-state index contributed by atoms with van der Waals surface area (Å²) in [6.45, 7) is 0. The van der Waals surface area contributed by atoms with E-state index in [1.165, 1.54) is 28.8 Å². The number of thioether (sulfide) groups is 1. The van der Waals surface area contributed by atoms with Crippen molar-refractivity contribution in [1.29, 1.82) is 0 Å². The lowest BCUT2D eigenvalue weighted by atomic mass is 10.2. The summed E-state index contributed by atoms with van der Waals surface area (Å²) in [6, 6.07) is 12.8. The first kappa shape index (κ1) is 16.6. The molecule has 2 aromatic carbocycles. The Labute approximate surface area is 152 Å². The molecule has 1 amide bonds. The third-order valence-corrected chi connectivity index (χ3v) is 4.83. The Kier molecular flexibility index (Phi) is 4.66. The number of anilines is 1. The molecule has 1 aliphatic heterocycles. The van der Waals surface area contributed by atoms with Gasteiger partial charge >= 0.3 is 0 Å². The Balaban J connectivity index is 1.87. The number of amides is 1. The van der Waals surface area contributed by atoms with Gasteiger partial charge in [0.1, 0.15) is 0 Å².